The van der Waals surface area contributed by atoms with Crippen molar-refractivity contribution in [1.82, 2.24) is 9.21 Å². The lowest BCUT2D eigenvalue weighted by atomic mass is 9.73. The molecule has 0 N–H and O–H groups in total. The molecule has 2 fully saturated rings. The van der Waals surface area contributed by atoms with Crippen LogP contribution in [0, 0.1) is 0 Å². The van der Waals surface area contributed by atoms with Crippen LogP contribution >= 0.6 is 0 Å². The van der Waals surface area contributed by atoms with Crippen LogP contribution in [-0.2, 0) is 26.7 Å². The van der Waals surface area contributed by atoms with Crippen molar-refractivity contribution in [2.45, 2.75) is 42.5 Å². The molecule has 186 valence electrons. The molecule has 0 atom stereocenters. The van der Waals surface area contributed by atoms with Gasteiger partial charge in [0.05, 0.1) is 23.7 Å². The van der Waals surface area contributed by atoms with E-state index in [2.05, 4.69) is 6.07 Å². The lowest BCUT2D eigenvalue weighted by Gasteiger charge is -2.43. The number of hydrogen-bond acceptors (Lipinski definition) is 6. The number of sulfonamides is 1. The van der Waals surface area contributed by atoms with Gasteiger partial charge in [-0.1, -0.05) is 25.0 Å². The molecule has 8 nitrogen and oxygen atoms in total. The maximum absolute atomic E-state index is 14.0. The van der Waals surface area contributed by atoms with Crippen molar-refractivity contribution in [3.05, 3.63) is 53.1 Å². The van der Waals surface area contributed by atoms with Gasteiger partial charge in [0.25, 0.3) is 5.91 Å². The summed E-state index contributed by atoms with van der Waals surface area (Å²) < 4.78 is 45.4. The predicted molar refractivity (Wildman–Crippen MR) is 128 cm³/mol. The Labute approximate surface area is 205 Å². The lowest BCUT2D eigenvalue weighted by molar-refractivity contribution is 0.0662. The summed E-state index contributed by atoms with van der Waals surface area (Å²) in [6, 6.07) is 10.7. The van der Waals surface area contributed by atoms with Crippen molar-refractivity contribution < 1.29 is 27.4 Å². The predicted octanol–water partition coefficient (Wildman–Crippen LogP) is 2.95. The van der Waals surface area contributed by atoms with E-state index in [1.165, 1.54) is 9.87 Å². The SMILES string of the molecule is O=C(c1ccccc1S(=O)(=O)N1CCOCC1)N1Cc2cc3c(cc2C2(CCCC2)C1)OCCO3. The molecule has 3 aliphatic heterocycles. The molecule has 2 aromatic rings. The fourth-order valence-electron chi connectivity index (χ4n) is 6.05. The Balaban J connectivity index is 1.37. The van der Waals surface area contributed by atoms with E-state index in [1.807, 2.05) is 11.0 Å². The molecule has 1 amide bonds. The van der Waals surface area contributed by atoms with E-state index in [4.69, 9.17) is 14.2 Å². The Kier molecular flexibility index (Phi) is 5.74. The van der Waals surface area contributed by atoms with Gasteiger partial charge < -0.3 is 19.1 Å². The summed E-state index contributed by atoms with van der Waals surface area (Å²) in [6.45, 7) is 3.33. The molecular weight excluding hydrogens is 468 g/mol. The first kappa shape index (κ1) is 22.8. The third kappa shape index (κ3) is 3.90. The topological polar surface area (TPSA) is 85.4 Å². The summed E-state index contributed by atoms with van der Waals surface area (Å²) >= 11 is 0. The summed E-state index contributed by atoms with van der Waals surface area (Å²) in [5.41, 5.74) is 2.40. The lowest BCUT2D eigenvalue weighted by Crippen LogP contribution is -2.47. The van der Waals surface area contributed by atoms with Crippen LogP contribution in [0.15, 0.2) is 41.3 Å². The zero-order valence-electron chi connectivity index (χ0n) is 19.7. The number of benzene rings is 2. The highest BCUT2D eigenvalue weighted by molar-refractivity contribution is 7.89. The highest BCUT2D eigenvalue weighted by Gasteiger charge is 2.44. The first-order valence-electron chi connectivity index (χ1n) is 12.4. The van der Waals surface area contributed by atoms with Crippen LogP contribution in [0.4, 0.5) is 0 Å². The number of rotatable bonds is 3. The zero-order chi connectivity index (χ0) is 24.0. The van der Waals surface area contributed by atoms with E-state index >= 15 is 0 Å². The van der Waals surface area contributed by atoms with Gasteiger partial charge in [-0.05, 0) is 48.2 Å². The maximum atomic E-state index is 14.0. The molecule has 3 heterocycles. The summed E-state index contributed by atoms with van der Waals surface area (Å²) in [5, 5.41) is 0. The number of hydrogen-bond donors (Lipinski definition) is 0. The van der Waals surface area contributed by atoms with Crippen LogP contribution in [0.1, 0.15) is 47.2 Å². The summed E-state index contributed by atoms with van der Waals surface area (Å²) in [4.78, 5) is 15.9. The Bertz CT molecular complexity index is 1250. The van der Waals surface area contributed by atoms with Crippen LogP contribution < -0.4 is 9.47 Å². The van der Waals surface area contributed by atoms with Gasteiger partial charge in [-0.15, -0.1) is 0 Å². The standard InChI is InChI=1S/C26H30N2O6S/c29-25(20-5-1-2-6-24(20)35(30,31)28-9-11-32-12-10-28)27-17-19-15-22-23(34-14-13-33-22)16-21(19)26(18-27)7-3-4-8-26/h1-2,5-6,15-16H,3-4,7-14,17-18H2. The van der Waals surface area contributed by atoms with Crippen molar-refractivity contribution in [1.29, 1.82) is 0 Å². The zero-order valence-corrected chi connectivity index (χ0v) is 20.5. The fourth-order valence-corrected chi connectivity index (χ4v) is 7.65. The molecule has 4 aliphatic rings. The van der Waals surface area contributed by atoms with Gasteiger partial charge in [-0.3, -0.25) is 4.79 Å². The Morgan fingerprint density at radius 2 is 1.60 bits per heavy atom. The normalized spacial score (nSPS) is 21.7. The average Bonchev–Trinajstić information content (AvgIpc) is 3.36. The minimum atomic E-state index is -3.81. The maximum Gasteiger partial charge on any atom is 0.255 e. The fraction of sp³-hybridized carbons (Fsp3) is 0.500. The highest BCUT2D eigenvalue weighted by atomic mass is 32.2. The third-order valence-electron chi connectivity index (χ3n) is 7.75. The molecule has 0 radical (unpaired) electrons. The molecule has 1 saturated carbocycles. The second-order valence-corrected chi connectivity index (χ2v) is 11.7. The Morgan fingerprint density at radius 1 is 0.914 bits per heavy atom. The molecule has 0 unspecified atom stereocenters. The summed E-state index contributed by atoms with van der Waals surface area (Å²) in [7, 11) is -3.81. The van der Waals surface area contributed by atoms with Crippen LogP contribution in [0.3, 0.4) is 0 Å². The number of amides is 1. The highest BCUT2D eigenvalue weighted by Crippen LogP contribution is 2.49. The molecule has 0 aromatic heterocycles. The van der Waals surface area contributed by atoms with E-state index in [1.54, 1.807) is 24.3 Å². The van der Waals surface area contributed by atoms with Crippen molar-refractivity contribution in [2.24, 2.45) is 0 Å². The Hall–Kier alpha value is -2.62. The van der Waals surface area contributed by atoms with Gasteiger partial charge in [-0.2, -0.15) is 4.31 Å². The molecule has 35 heavy (non-hydrogen) atoms. The number of morpholine rings is 1. The molecule has 6 rings (SSSR count). The quantitative estimate of drug-likeness (QED) is 0.647. The minimum absolute atomic E-state index is 0.0698. The van der Waals surface area contributed by atoms with Crippen molar-refractivity contribution >= 4 is 15.9 Å². The van der Waals surface area contributed by atoms with E-state index in [0.29, 0.717) is 45.3 Å². The van der Waals surface area contributed by atoms with Gasteiger partial charge in [0.1, 0.15) is 13.2 Å². The smallest absolute Gasteiger partial charge is 0.255 e. The van der Waals surface area contributed by atoms with E-state index in [9.17, 15) is 13.2 Å². The molecule has 1 saturated heterocycles. The van der Waals surface area contributed by atoms with Crippen LogP contribution in [0.25, 0.3) is 0 Å². The largest absolute Gasteiger partial charge is 0.486 e. The Morgan fingerprint density at radius 3 is 2.34 bits per heavy atom. The first-order chi connectivity index (χ1) is 17.0. The van der Waals surface area contributed by atoms with Gasteiger partial charge in [0.2, 0.25) is 10.0 Å². The number of ether oxygens (including phenoxy) is 3. The van der Waals surface area contributed by atoms with Crippen LogP contribution in [0.5, 0.6) is 11.5 Å². The van der Waals surface area contributed by atoms with Crippen molar-refractivity contribution in [3.8, 4) is 11.5 Å². The third-order valence-corrected chi connectivity index (χ3v) is 9.70. The van der Waals surface area contributed by atoms with Gasteiger partial charge in [0.15, 0.2) is 11.5 Å². The molecule has 1 aliphatic carbocycles. The van der Waals surface area contributed by atoms with Crippen molar-refractivity contribution in [3.63, 3.8) is 0 Å². The monoisotopic (exact) mass is 498 g/mol. The summed E-state index contributed by atoms with van der Waals surface area (Å²) in [5.74, 6) is 1.25. The van der Waals surface area contributed by atoms with Gasteiger partial charge in [-0.25, -0.2) is 8.42 Å². The molecule has 9 heteroatoms. The summed E-state index contributed by atoms with van der Waals surface area (Å²) in [6.07, 6.45) is 4.21. The molecule has 1 spiro atoms. The van der Waals surface area contributed by atoms with E-state index in [0.717, 1.165) is 37.0 Å². The van der Waals surface area contributed by atoms with Crippen LogP contribution in [-0.4, -0.2) is 69.6 Å². The second-order valence-electron chi connectivity index (χ2n) is 9.81. The number of nitrogens with zero attached hydrogens (tertiary/aromatic N) is 2. The minimum Gasteiger partial charge on any atom is -0.486 e. The van der Waals surface area contributed by atoms with E-state index < -0.39 is 10.0 Å². The van der Waals surface area contributed by atoms with E-state index in [-0.39, 0.29) is 34.9 Å². The molecule has 2 aromatic carbocycles. The number of fused-ring (bicyclic) bond motifs is 3. The first-order valence-corrected chi connectivity index (χ1v) is 13.8. The van der Waals surface area contributed by atoms with Crippen molar-refractivity contribution in [2.75, 3.05) is 46.1 Å². The number of carbonyl (C=O) groups excluding carboxylic acids is 1. The second kappa shape index (κ2) is 8.80. The van der Waals surface area contributed by atoms with Crippen LogP contribution in [0.2, 0.25) is 0 Å². The molecular formula is C26H30N2O6S. The van der Waals surface area contributed by atoms with Gasteiger partial charge in [0, 0.05) is 31.6 Å². The van der Waals surface area contributed by atoms with Gasteiger partial charge >= 0.3 is 0 Å². The molecule has 0 bridgehead atoms. The number of carbonyl (C=O) groups is 1. The average molecular weight is 499 g/mol.